The Morgan fingerprint density at radius 1 is 1.32 bits per heavy atom. The number of benzene rings is 1. The Balaban J connectivity index is 1.52. The van der Waals surface area contributed by atoms with Crippen molar-refractivity contribution in [2.24, 2.45) is 16.6 Å². The molecule has 0 saturated heterocycles. The Morgan fingerprint density at radius 3 is 2.95 bits per heavy atom. The van der Waals surface area contributed by atoms with Crippen LogP contribution < -0.4 is 11.1 Å². The van der Waals surface area contributed by atoms with Crippen LogP contribution in [0, 0.1) is 5.92 Å². The molecule has 3 N–H and O–H groups in total. The Morgan fingerprint density at radius 2 is 2.16 bits per heavy atom. The zero-order valence-electron chi connectivity index (χ0n) is 11.2. The van der Waals surface area contributed by atoms with Gasteiger partial charge in [0.1, 0.15) is 0 Å². The lowest BCUT2D eigenvalue weighted by Gasteiger charge is -2.25. The van der Waals surface area contributed by atoms with Crippen molar-refractivity contribution in [3.8, 4) is 0 Å². The molecule has 4 nitrogen and oxygen atoms in total. The molecule has 1 heterocycles. The van der Waals surface area contributed by atoms with E-state index in [1.807, 2.05) is 0 Å². The molecule has 1 aliphatic heterocycles. The van der Waals surface area contributed by atoms with Gasteiger partial charge in [-0.2, -0.15) is 0 Å². The van der Waals surface area contributed by atoms with Crippen molar-refractivity contribution in [3.63, 3.8) is 0 Å². The molecule has 1 aromatic carbocycles. The van der Waals surface area contributed by atoms with Crippen molar-refractivity contribution >= 4 is 5.96 Å². The number of hydrogen-bond acceptors (Lipinski definition) is 2. The number of guanidine groups is 1. The molecule has 0 amide bonds. The monoisotopic (exact) mass is 259 g/mol. The molecule has 0 bridgehead atoms. The van der Waals surface area contributed by atoms with Crippen LogP contribution >= 0.6 is 0 Å². The second-order valence-electron chi connectivity index (χ2n) is 5.48. The SMILES string of the molecule is NC(=NCc1ccc2c(c1)COC2)NCC1CCC1. The molecule has 2 aliphatic rings. The number of fused-ring (bicyclic) bond motifs is 1. The Hall–Kier alpha value is -1.55. The van der Waals surface area contributed by atoms with Gasteiger partial charge in [0.15, 0.2) is 5.96 Å². The molecular formula is C15H21N3O. The average molecular weight is 259 g/mol. The van der Waals surface area contributed by atoms with Crippen LogP contribution in [0.2, 0.25) is 0 Å². The first-order valence-electron chi connectivity index (χ1n) is 7.03. The molecule has 1 aromatic rings. The second kappa shape index (κ2) is 5.61. The highest BCUT2D eigenvalue weighted by Crippen LogP contribution is 2.25. The third kappa shape index (κ3) is 3.07. The van der Waals surface area contributed by atoms with Gasteiger partial charge in [-0.3, -0.25) is 0 Å². The number of hydrogen-bond donors (Lipinski definition) is 2. The molecule has 19 heavy (non-hydrogen) atoms. The second-order valence-corrected chi connectivity index (χ2v) is 5.48. The van der Waals surface area contributed by atoms with E-state index in [2.05, 4.69) is 28.5 Å². The fourth-order valence-electron chi connectivity index (χ4n) is 2.50. The summed E-state index contributed by atoms with van der Waals surface area (Å²) in [7, 11) is 0. The molecule has 1 saturated carbocycles. The summed E-state index contributed by atoms with van der Waals surface area (Å²) in [5.74, 6) is 1.36. The minimum atomic E-state index is 0.559. The van der Waals surface area contributed by atoms with E-state index in [0.717, 1.165) is 25.7 Å². The summed E-state index contributed by atoms with van der Waals surface area (Å²) in [5.41, 5.74) is 9.65. The number of rotatable bonds is 4. The maximum absolute atomic E-state index is 5.88. The van der Waals surface area contributed by atoms with Crippen LogP contribution in [-0.2, 0) is 24.5 Å². The van der Waals surface area contributed by atoms with E-state index in [1.54, 1.807) is 0 Å². The molecule has 4 heteroatoms. The summed E-state index contributed by atoms with van der Waals surface area (Å²) < 4.78 is 5.41. The molecule has 3 rings (SSSR count). The van der Waals surface area contributed by atoms with Crippen LogP contribution in [0.25, 0.3) is 0 Å². The smallest absolute Gasteiger partial charge is 0.188 e. The number of aliphatic imine (C=N–C) groups is 1. The van der Waals surface area contributed by atoms with Crippen molar-refractivity contribution in [1.29, 1.82) is 0 Å². The van der Waals surface area contributed by atoms with Gasteiger partial charge in [-0.25, -0.2) is 4.99 Å². The van der Waals surface area contributed by atoms with E-state index < -0.39 is 0 Å². The maximum atomic E-state index is 5.88. The predicted molar refractivity (Wildman–Crippen MR) is 75.6 cm³/mol. The van der Waals surface area contributed by atoms with Crippen LogP contribution in [0.5, 0.6) is 0 Å². The zero-order valence-corrected chi connectivity index (χ0v) is 11.2. The highest BCUT2D eigenvalue weighted by Gasteiger charge is 2.16. The van der Waals surface area contributed by atoms with Crippen molar-refractivity contribution in [1.82, 2.24) is 5.32 Å². The number of ether oxygens (including phenoxy) is 1. The fraction of sp³-hybridized carbons (Fsp3) is 0.533. The predicted octanol–water partition coefficient (Wildman–Crippen LogP) is 1.92. The lowest BCUT2D eigenvalue weighted by atomic mass is 9.85. The third-order valence-electron chi connectivity index (χ3n) is 4.01. The van der Waals surface area contributed by atoms with E-state index in [9.17, 15) is 0 Å². The first kappa shape index (κ1) is 12.5. The Kier molecular flexibility index (Phi) is 3.69. The summed E-state index contributed by atoms with van der Waals surface area (Å²) in [6.07, 6.45) is 4.01. The average Bonchev–Trinajstić information content (AvgIpc) is 2.81. The first-order chi connectivity index (χ1) is 9.31. The van der Waals surface area contributed by atoms with Crippen LogP contribution in [0.3, 0.4) is 0 Å². The van der Waals surface area contributed by atoms with Crippen molar-refractivity contribution < 1.29 is 4.74 Å². The molecule has 0 unspecified atom stereocenters. The molecule has 0 spiro atoms. The molecule has 102 valence electrons. The molecule has 1 aliphatic carbocycles. The minimum absolute atomic E-state index is 0.559. The molecule has 0 atom stereocenters. The largest absolute Gasteiger partial charge is 0.372 e. The van der Waals surface area contributed by atoms with Gasteiger partial charge in [-0.1, -0.05) is 24.6 Å². The van der Waals surface area contributed by atoms with E-state index >= 15 is 0 Å². The van der Waals surface area contributed by atoms with Gasteiger partial charge < -0.3 is 15.8 Å². The van der Waals surface area contributed by atoms with Gasteiger partial charge >= 0.3 is 0 Å². The Bertz CT molecular complexity index is 480. The van der Waals surface area contributed by atoms with Gasteiger partial charge in [0.25, 0.3) is 0 Å². The van der Waals surface area contributed by atoms with Crippen LogP contribution in [-0.4, -0.2) is 12.5 Å². The van der Waals surface area contributed by atoms with Crippen LogP contribution in [0.15, 0.2) is 23.2 Å². The molecular weight excluding hydrogens is 238 g/mol. The van der Waals surface area contributed by atoms with Gasteiger partial charge in [-0.05, 0) is 35.4 Å². The quantitative estimate of drug-likeness (QED) is 0.641. The van der Waals surface area contributed by atoms with Gasteiger partial charge in [0, 0.05) is 6.54 Å². The molecule has 0 aromatic heterocycles. The van der Waals surface area contributed by atoms with E-state index in [1.165, 1.54) is 36.0 Å². The normalized spacial score (nSPS) is 19.1. The van der Waals surface area contributed by atoms with Crippen molar-refractivity contribution in [3.05, 3.63) is 34.9 Å². The summed E-state index contributed by atoms with van der Waals surface area (Å²) in [6.45, 7) is 3.07. The molecule has 0 radical (unpaired) electrons. The number of nitrogens with two attached hydrogens (primary N) is 1. The summed E-state index contributed by atoms with van der Waals surface area (Å²) in [6, 6.07) is 6.41. The minimum Gasteiger partial charge on any atom is -0.372 e. The van der Waals surface area contributed by atoms with Crippen molar-refractivity contribution in [2.75, 3.05) is 6.54 Å². The van der Waals surface area contributed by atoms with E-state index in [4.69, 9.17) is 10.5 Å². The Labute approximate surface area is 114 Å². The number of nitrogens with one attached hydrogen (secondary N) is 1. The summed E-state index contributed by atoms with van der Waals surface area (Å²) in [4.78, 5) is 4.39. The topological polar surface area (TPSA) is 59.6 Å². The highest BCUT2D eigenvalue weighted by molar-refractivity contribution is 5.77. The summed E-state index contributed by atoms with van der Waals surface area (Å²) in [5, 5.41) is 3.21. The standard InChI is InChI=1S/C15H21N3O/c16-15(17-7-11-2-1-3-11)18-8-12-4-5-13-9-19-10-14(13)6-12/h4-6,11H,1-3,7-10H2,(H3,16,17,18). The van der Waals surface area contributed by atoms with Gasteiger partial charge in [-0.15, -0.1) is 0 Å². The lowest BCUT2D eigenvalue weighted by Crippen LogP contribution is -2.37. The molecule has 1 fully saturated rings. The van der Waals surface area contributed by atoms with E-state index in [0.29, 0.717) is 12.5 Å². The van der Waals surface area contributed by atoms with Crippen LogP contribution in [0.1, 0.15) is 36.0 Å². The third-order valence-corrected chi connectivity index (χ3v) is 4.01. The maximum Gasteiger partial charge on any atom is 0.188 e. The van der Waals surface area contributed by atoms with Crippen molar-refractivity contribution in [2.45, 2.75) is 39.0 Å². The van der Waals surface area contributed by atoms with Gasteiger partial charge in [0.2, 0.25) is 0 Å². The van der Waals surface area contributed by atoms with Crippen LogP contribution in [0.4, 0.5) is 0 Å². The highest BCUT2D eigenvalue weighted by atomic mass is 16.5. The first-order valence-corrected chi connectivity index (χ1v) is 7.03. The van der Waals surface area contributed by atoms with Gasteiger partial charge in [0.05, 0.1) is 19.8 Å². The number of nitrogens with zero attached hydrogens (tertiary/aromatic N) is 1. The lowest BCUT2D eigenvalue weighted by molar-refractivity contribution is 0.134. The zero-order chi connectivity index (χ0) is 13.1. The van der Waals surface area contributed by atoms with E-state index in [-0.39, 0.29) is 0 Å². The fourth-order valence-corrected chi connectivity index (χ4v) is 2.50. The summed E-state index contributed by atoms with van der Waals surface area (Å²) >= 11 is 0.